The fourth-order valence-electron chi connectivity index (χ4n) is 3.14. The van der Waals surface area contributed by atoms with Gasteiger partial charge in [-0.1, -0.05) is 25.0 Å². The zero-order valence-electron chi connectivity index (χ0n) is 11.8. The standard InChI is InChI=1S/C17H19BrFNS/c18-14-10-12(7-8-15(14)19)11-20-17(13-4-1-2-5-13)16-6-3-9-21-16/h3,6-10,13,17,20H,1-2,4-5,11H2. The summed E-state index contributed by atoms with van der Waals surface area (Å²) >= 11 is 5.08. The van der Waals surface area contributed by atoms with Crippen molar-refractivity contribution in [3.8, 4) is 0 Å². The molecule has 0 saturated heterocycles. The average Bonchev–Trinajstić information content (AvgIpc) is 3.16. The quantitative estimate of drug-likeness (QED) is 0.717. The third kappa shape index (κ3) is 3.74. The Balaban J connectivity index is 1.71. The number of hydrogen-bond acceptors (Lipinski definition) is 2. The molecule has 2 aromatic rings. The third-order valence-electron chi connectivity index (χ3n) is 4.23. The van der Waals surface area contributed by atoms with Gasteiger partial charge in [-0.05, 0) is 63.8 Å². The zero-order chi connectivity index (χ0) is 14.7. The average molecular weight is 368 g/mol. The number of hydrogen-bond donors (Lipinski definition) is 1. The van der Waals surface area contributed by atoms with Crippen LogP contribution in [-0.4, -0.2) is 0 Å². The molecule has 1 heterocycles. The monoisotopic (exact) mass is 367 g/mol. The highest BCUT2D eigenvalue weighted by atomic mass is 79.9. The molecule has 1 N–H and O–H groups in total. The van der Waals surface area contributed by atoms with Gasteiger partial charge >= 0.3 is 0 Å². The van der Waals surface area contributed by atoms with E-state index in [0.717, 1.165) is 18.0 Å². The molecule has 1 unspecified atom stereocenters. The smallest absolute Gasteiger partial charge is 0.137 e. The first kappa shape index (κ1) is 15.2. The van der Waals surface area contributed by atoms with Crippen molar-refractivity contribution in [2.24, 2.45) is 5.92 Å². The van der Waals surface area contributed by atoms with E-state index in [0.29, 0.717) is 10.5 Å². The van der Waals surface area contributed by atoms with Crippen molar-refractivity contribution in [1.29, 1.82) is 0 Å². The summed E-state index contributed by atoms with van der Waals surface area (Å²) in [5, 5.41) is 5.84. The highest BCUT2D eigenvalue weighted by Crippen LogP contribution is 2.37. The molecule has 0 spiro atoms. The first-order valence-electron chi connectivity index (χ1n) is 7.45. The normalized spacial score (nSPS) is 17.2. The molecule has 1 fully saturated rings. The molecule has 3 rings (SSSR count). The fraction of sp³-hybridized carbons (Fsp3) is 0.412. The largest absolute Gasteiger partial charge is 0.305 e. The van der Waals surface area contributed by atoms with Gasteiger partial charge in [-0.2, -0.15) is 0 Å². The Labute approximate surface area is 137 Å². The SMILES string of the molecule is Fc1ccc(CNC(c2cccs2)C2CCCC2)cc1Br. The lowest BCUT2D eigenvalue weighted by atomic mass is 9.96. The number of benzene rings is 1. The van der Waals surface area contributed by atoms with Crippen LogP contribution in [0.2, 0.25) is 0 Å². The van der Waals surface area contributed by atoms with Crippen molar-refractivity contribution < 1.29 is 4.39 Å². The van der Waals surface area contributed by atoms with Crippen molar-refractivity contribution in [1.82, 2.24) is 5.32 Å². The highest BCUT2D eigenvalue weighted by Gasteiger charge is 2.26. The second-order valence-electron chi connectivity index (χ2n) is 5.67. The predicted octanol–water partition coefficient (Wildman–Crippen LogP) is 5.67. The number of halogens is 2. The summed E-state index contributed by atoms with van der Waals surface area (Å²) in [5.74, 6) is 0.525. The molecular weight excluding hydrogens is 349 g/mol. The molecule has 1 atom stereocenters. The van der Waals surface area contributed by atoms with Crippen LogP contribution in [0.3, 0.4) is 0 Å². The lowest BCUT2D eigenvalue weighted by molar-refractivity contribution is 0.371. The van der Waals surface area contributed by atoms with E-state index in [1.807, 2.05) is 23.5 Å². The second-order valence-corrected chi connectivity index (χ2v) is 7.50. The summed E-state index contributed by atoms with van der Waals surface area (Å²) in [7, 11) is 0. The lowest BCUT2D eigenvalue weighted by Gasteiger charge is -2.24. The van der Waals surface area contributed by atoms with Crippen molar-refractivity contribution in [2.45, 2.75) is 38.3 Å². The summed E-state index contributed by atoms with van der Waals surface area (Å²) in [6.45, 7) is 0.776. The summed E-state index contributed by atoms with van der Waals surface area (Å²) in [5.41, 5.74) is 1.11. The van der Waals surface area contributed by atoms with Crippen LogP contribution < -0.4 is 5.32 Å². The summed E-state index contributed by atoms with van der Waals surface area (Å²) in [6.07, 6.45) is 5.30. The van der Waals surface area contributed by atoms with Crippen molar-refractivity contribution in [2.75, 3.05) is 0 Å². The van der Waals surface area contributed by atoms with Crippen LogP contribution in [-0.2, 0) is 6.54 Å². The van der Waals surface area contributed by atoms with Gasteiger partial charge in [-0.25, -0.2) is 4.39 Å². The Kier molecular flexibility index (Phi) is 5.09. The van der Waals surface area contributed by atoms with Gasteiger partial charge in [0, 0.05) is 17.5 Å². The van der Waals surface area contributed by atoms with Crippen molar-refractivity contribution in [3.63, 3.8) is 0 Å². The van der Waals surface area contributed by atoms with Gasteiger partial charge in [0.2, 0.25) is 0 Å². The molecule has 1 aromatic heterocycles. The molecule has 0 radical (unpaired) electrons. The zero-order valence-corrected chi connectivity index (χ0v) is 14.2. The maximum Gasteiger partial charge on any atom is 0.137 e. The minimum atomic E-state index is -0.204. The van der Waals surface area contributed by atoms with Crippen LogP contribution in [0.25, 0.3) is 0 Å². The Hall–Kier alpha value is -0.710. The fourth-order valence-corrected chi connectivity index (χ4v) is 4.46. The number of rotatable bonds is 5. The Morgan fingerprint density at radius 1 is 1.29 bits per heavy atom. The predicted molar refractivity (Wildman–Crippen MR) is 90.0 cm³/mol. The summed E-state index contributed by atoms with van der Waals surface area (Å²) in [6, 6.07) is 10.0. The minimum Gasteiger partial charge on any atom is -0.305 e. The molecule has 1 aromatic carbocycles. The Bertz CT molecular complexity index is 578. The molecule has 112 valence electrons. The van der Waals surface area contributed by atoms with Crippen LogP contribution in [0.4, 0.5) is 4.39 Å². The maximum atomic E-state index is 13.3. The van der Waals surface area contributed by atoms with Gasteiger partial charge in [-0.3, -0.25) is 0 Å². The topological polar surface area (TPSA) is 12.0 Å². The van der Waals surface area contributed by atoms with Gasteiger partial charge in [0.1, 0.15) is 5.82 Å². The molecule has 4 heteroatoms. The molecule has 1 aliphatic rings. The van der Waals surface area contributed by atoms with Gasteiger partial charge in [-0.15, -0.1) is 11.3 Å². The first-order chi connectivity index (χ1) is 10.2. The van der Waals surface area contributed by atoms with E-state index in [9.17, 15) is 4.39 Å². The van der Waals surface area contributed by atoms with Crippen LogP contribution in [0.5, 0.6) is 0 Å². The van der Waals surface area contributed by atoms with E-state index in [1.54, 1.807) is 0 Å². The van der Waals surface area contributed by atoms with Crippen molar-refractivity contribution >= 4 is 27.3 Å². The van der Waals surface area contributed by atoms with Crippen LogP contribution >= 0.6 is 27.3 Å². The van der Waals surface area contributed by atoms with Crippen LogP contribution in [0.15, 0.2) is 40.2 Å². The molecular formula is C17H19BrFNS. The molecule has 0 bridgehead atoms. The number of nitrogens with one attached hydrogen (secondary N) is 1. The Morgan fingerprint density at radius 2 is 2.10 bits per heavy atom. The minimum absolute atomic E-state index is 0.204. The highest BCUT2D eigenvalue weighted by molar-refractivity contribution is 9.10. The first-order valence-corrected chi connectivity index (χ1v) is 9.12. The molecule has 0 aliphatic heterocycles. The Morgan fingerprint density at radius 3 is 2.76 bits per heavy atom. The molecule has 21 heavy (non-hydrogen) atoms. The van der Waals surface area contributed by atoms with E-state index in [4.69, 9.17) is 0 Å². The number of thiophene rings is 1. The lowest BCUT2D eigenvalue weighted by Crippen LogP contribution is -2.26. The van der Waals surface area contributed by atoms with Gasteiger partial charge in [0.15, 0.2) is 0 Å². The second kappa shape index (κ2) is 7.03. The van der Waals surface area contributed by atoms with E-state index < -0.39 is 0 Å². The molecule has 1 nitrogen and oxygen atoms in total. The van der Waals surface area contributed by atoms with Crippen LogP contribution in [0.1, 0.15) is 42.2 Å². The molecule has 1 saturated carbocycles. The van der Waals surface area contributed by atoms with E-state index in [-0.39, 0.29) is 5.82 Å². The molecule has 0 amide bonds. The van der Waals surface area contributed by atoms with Gasteiger partial charge in [0.25, 0.3) is 0 Å². The van der Waals surface area contributed by atoms with E-state index in [1.165, 1.54) is 36.6 Å². The van der Waals surface area contributed by atoms with E-state index in [2.05, 4.69) is 38.8 Å². The third-order valence-corrected chi connectivity index (χ3v) is 5.79. The maximum absolute atomic E-state index is 13.3. The summed E-state index contributed by atoms with van der Waals surface area (Å²) in [4.78, 5) is 1.42. The van der Waals surface area contributed by atoms with Gasteiger partial charge < -0.3 is 5.32 Å². The molecule has 1 aliphatic carbocycles. The summed E-state index contributed by atoms with van der Waals surface area (Å²) < 4.78 is 13.8. The van der Waals surface area contributed by atoms with Crippen LogP contribution in [0, 0.1) is 11.7 Å². The van der Waals surface area contributed by atoms with Crippen molar-refractivity contribution in [3.05, 3.63) is 56.4 Å². The van der Waals surface area contributed by atoms with Gasteiger partial charge in [0.05, 0.1) is 4.47 Å². The van der Waals surface area contributed by atoms with E-state index >= 15 is 0 Å².